The number of carbonyl (C=O) groups is 4. The second-order valence-corrected chi connectivity index (χ2v) is 23.0. The lowest BCUT2D eigenvalue weighted by Gasteiger charge is -2.30. The zero-order valence-corrected chi connectivity index (χ0v) is 39.3. The average molecular weight is 889 g/mol. The molecule has 0 saturated carbocycles. The van der Waals surface area contributed by atoms with Crippen molar-refractivity contribution in [2.75, 3.05) is 41.6 Å². The topological polar surface area (TPSA) is 163 Å². The molecule has 0 radical (unpaired) electrons. The molecule has 0 aliphatic heterocycles. The van der Waals surface area contributed by atoms with Crippen LogP contribution >= 0.6 is 0 Å². The maximum absolute atomic E-state index is 12.3. The quantitative estimate of drug-likeness (QED) is 0.0530. The predicted octanol–water partition coefficient (Wildman–Crippen LogP) is 11.1. The van der Waals surface area contributed by atoms with Crippen LogP contribution in [0.3, 0.4) is 0 Å². The van der Waals surface area contributed by atoms with E-state index in [9.17, 15) is 19.2 Å². The fourth-order valence-corrected chi connectivity index (χ4v) is 11.4. The van der Waals surface area contributed by atoms with Gasteiger partial charge in [0.05, 0.1) is 12.7 Å². The van der Waals surface area contributed by atoms with E-state index in [0.29, 0.717) is 24.6 Å². The van der Waals surface area contributed by atoms with Gasteiger partial charge >= 0.3 is 29.3 Å². The van der Waals surface area contributed by atoms with Crippen molar-refractivity contribution in [3.63, 3.8) is 0 Å². The van der Waals surface area contributed by atoms with Gasteiger partial charge in [0.25, 0.3) is 0 Å². The number of hydrogen-bond donors (Lipinski definition) is 4. The molecule has 0 aliphatic carbocycles. The van der Waals surface area contributed by atoms with Gasteiger partial charge in [-0.05, 0) is 137 Å². The molecule has 0 heterocycles. The molecule has 4 aromatic rings. The first-order chi connectivity index (χ1) is 28.8. The predicted molar refractivity (Wildman–Crippen MR) is 254 cm³/mol. The number of hydrogen-bond acceptors (Lipinski definition) is 9. The molecule has 4 aromatic carbocycles. The van der Waals surface area contributed by atoms with Crippen LogP contribution < -0.4 is 21.3 Å². The summed E-state index contributed by atoms with van der Waals surface area (Å²) < 4.78 is 27.5. The standard InChI is InChI=1S/C23H34N2O5Si2.C23H30N2O4.CH4/c1-17(2)22(26)24-20-12-8-18(9-13-20)16-19-10-14-21(15-11-19)25-23(27)29-32(6,7)30-31(4,5)28-3;1-17(2)28-14-4-5-15-29-23(27)25-22-12-8-20(9-13-22)16-19-6-10-21(11-7-19)24-18(3)26;/h8-15,17H,16H2,1-7H3,(H,24,26)(H,25,27);6-13,17H,4-5,14-16H2,1-3H3,(H,24,26)(H,25,27);1H4. The maximum Gasteiger partial charge on any atom is 0.411 e. The van der Waals surface area contributed by atoms with E-state index in [4.69, 9.17) is 22.4 Å². The Morgan fingerprint density at radius 1 is 0.548 bits per heavy atom. The zero-order valence-electron chi connectivity index (χ0n) is 37.3. The molecule has 4 rings (SSSR count). The second-order valence-electron chi connectivity index (χ2n) is 16.0. The Labute approximate surface area is 371 Å². The van der Waals surface area contributed by atoms with Gasteiger partial charge in [-0.3, -0.25) is 20.2 Å². The van der Waals surface area contributed by atoms with Crippen LogP contribution in [0.2, 0.25) is 26.2 Å². The van der Waals surface area contributed by atoms with Crippen LogP contribution in [0.1, 0.15) is 77.1 Å². The molecule has 4 N–H and O–H groups in total. The number of nitrogens with one attached hydrogen (secondary N) is 4. The molecule has 0 fully saturated rings. The molecule has 13 nitrogen and oxygen atoms in total. The lowest BCUT2D eigenvalue weighted by molar-refractivity contribution is -0.119. The summed E-state index contributed by atoms with van der Waals surface area (Å²) in [5.41, 5.74) is 7.42. The molecule has 0 unspecified atom stereocenters. The van der Waals surface area contributed by atoms with E-state index in [1.54, 1.807) is 7.11 Å². The highest BCUT2D eigenvalue weighted by atomic mass is 28.5. The van der Waals surface area contributed by atoms with Gasteiger partial charge in [-0.2, -0.15) is 0 Å². The van der Waals surface area contributed by atoms with Crippen molar-refractivity contribution in [1.29, 1.82) is 0 Å². The smallest absolute Gasteiger partial charge is 0.411 e. The minimum atomic E-state index is -2.66. The summed E-state index contributed by atoms with van der Waals surface area (Å²) in [6, 6.07) is 30.8. The van der Waals surface area contributed by atoms with E-state index >= 15 is 0 Å². The molecule has 4 amide bonds. The van der Waals surface area contributed by atoms with Gasteiger partial charge in [0.1, 0.15) is 0 Å². The Bertz CT molecular complexity index is 1970. The monoisotopic (exact) mass is 888 g/mol. The van der Waals surface area contributed by atoms with Gasteiger partial charge in [0, 0.05) is 49.3 Å². The normalized spacial score (nSPS) is 11.1. The fourth-order valence-electron chi connectivity index (χ4n) is 5.65. The van der Waals surface area contributed by atoms with Crippen LogP contribution in [0.25, 0.3) is 0 Å². The maximum atomic E-state index is 12.3. The summed E-state index contributed by atoms with van der Waals surface area (Å²) in [6.07, 6.45) is 2.40. The molecule has 0 spiro atoms. The summed E-state index contributed by atoms with van der Waals surface area (Å²) in [4.78, 5) is 47.0. The van der Waals surface area contributed by atoms with E-state index in [1.165, 1.54) is 6.92 Å². The van der Waals surface area contributed by atoms with E-state index in [1.807, 2.05) is 151 Å². The highest BCUT2D eigenvalue weighted by Crippen LogP contribution is 2.20. The minimum absolute atomic E-state index is 0. The van der Waals surface area contributed by atoms with E-state index in [-0.39, 0.29) is 31.3 Å². The summed E-state index contributed by atoms with van der Waals surface area (Å²) in [5.74, 6) is -0.139. The third-order valence-electron chi connectivity index (χ3n) is 8.78. The van der Waals surface area contributed by atoms with Crippen LogP contribution in [-0.4, -0.2) is 67.6 Å². The van der Waals surface area contributed by atoms with Gasteiger partial charge < -0.3 is 33.1 Å². The third-order valence-corrected chi connectivity index (χ3v) is 14.4. The molecule has 15 heteroatoms. The lowest BCUT2D eigenvalue weighted by atomic mass is 10.0. The summed E-state index contributed by atoms with van der Waals surface area (Å²) in [7, 11) is -3.35. The molecule has 338 valence electrons. The molecule has 0 atom stereocenters. The largest absolute Gasteiger partial charge is 0.479 e. The highest BCUT2D eigenvalue weighted by molar-refractivity contribution is 6.79. The zero-order chi connectivity index (χ0) is 45.0. The lowest BCUT2D eigenvalue weighted by Crippen LogP contribution is -2.49. The van der Waals surface area contributed by atoms with Crippen molar-refractivity contribution in [1.82, 2.24) is 0 Å². The molecular formula is C47H68N4O9Si2. The van der Waals surface area contributed by atoms with Crippen molar-refractivity contribution in [3.05, 3.63) is 119 Å². The molecule has 0 saturated heterocycles. The third kappa shape index (κ3) is 21.5. The average Bonchev–Trinajstić information content (AvgIpc) is 3.18. The van der Waals surface area contributed by atoms with E-state index in [2.05, 4.69) is 21.3 Å². The van der Waals surface area contributed by atoms with Crippen LogP contribution in [0.15, 0.2) is 97.1 Å². The van der Waals surface area contributed by atoms with Crippen molar-refractivity contribution in [2.45, 2.75) is 100 Å². The summed E-state index contributed by atoms with van der Waals surface area (Å²) in [6.45, 7) is 17.7. The van der Waals surface area contributed by atoms with Gasteiger partial charge in [-0.1, -0.05) is 69.8 Å². The van der Waals surface area contributed by atoms with E-state index < -0.39 is 29.3 Å². The number of ether oxygens (including phenoxy) is 2. The van der Waals surface area contributed by atoms with Crippen molar-refractivity contribution in [2.24, 2.45) is 5.92 Å². The minimum Gasteiger partial charge on any atom is -0.479 e. The van der Waals surface area contributed by atoms with E-state index in [0.717, 1.165) is 59.3 Å². The molecule has 0 aromatic heterocycles. The van der Waals surface area contributed by atoms with Gasteiger partial charge in [-0.15, -0.1) is 0 Å². The van der Waals surface area contributed by atoms with Crippen LogP contribution in [0.5, 0.6) is 0 Å². The number of carbonyl (C=O) groups excluding carboxylic acids is 4. The Morgan fingerprint density at radius 3 is 1.32 bits per heavy atom. The van der Waals surface area contributed by atoms with Crippen molar-refractivity contribution in [3.8, 4) is 0 Å². The molecule has 62 heavy (non-hydrogen) atoms. The molecular weight excluding hydrogens is 821 g/mol. The van der Waals surface area contributed by atoms with Crippen LogP contribution in [0.4, 0.5) is 32.3 Å². The highest BCUT2D eigenvalue weighted by Gasteiger charge is 2.38. The Balaban J connectivity index is 0.000000422. The summed E-state index contributed by atoms with van der Waals surface area (Å²) in [5, 5.41) is 11.1. The van der Waals surface area contributed by atoms with Gasteiger partial charge in [-0.25, -0.2) is 9.59 Å². The Morgan fingerprint density at radius 2 is 0.935 bits per heavy atom. The number of amides is 4. The van der Waals surface area contributed by atoms with Gasteiger partial charge in [0.15, 0.2) is 0 Å². The molecule has 0 bridgehead atoms. The number of unbranched alkanes of at least 4 members (excludes halogenated alkanes) is 1. The first-order valence-corrected chi connectivity index (χ1v) is 26.2. The van der Waals surface area contributed by atoms with Crippen LogP contribution in [0, 0.1) is 5.92 Å². The summed E-state index contributed by atoms with van der Waals surface area (Å²) >= 11 is 0. The number of rotatable bonds is 19. The fraction of sp³-hybridized carbons (Fsp3) is 0.404. The molecule has 0 aliphatic rings. The van der Waals surface area contributed by atoms with Gasteiger partial charge in [0.2, 0.25) is 11.8 Å². The van der Waals surface area contributed by atoms with Crippen molar-refractivity contribution >= 4 is 63.9 Å². The Kier molecular flexibility index (Phi) is 22.3. The second kappa shape index (κ2) is 26.2. The van der Waals surface area contributed by atoms with Crippen molar-refractivity contribution < 1.29 is 41.6 Å². The Hall–Kier alpha value is -5.33. The van der Waals surface area contributed by atoms with Crippen LogP contribution in [-0.2, 0) is 44.9 Å². The first-order valence-electron chi connectivity index (χ1n) is 20.6. The first kappa shape index (κ1) is 52.8. The number of benzene rings is 4. The number of anilines is 4. The SMILES string of the molecule is C.CC(=O)Nc1ccc(Cc2ccc(NC(=O)OCCCCOC(C)C)cc2)cc1.CO[Si](C)(C)O[Si](C)(C)OC(=O)Nc1ccc(Cc2ccc(NC(=O)C(C)C)cc2)cc1.